The van der Waals surface area contributed by atoms with Gasteiger partial charge in [-0.15, -0.1) is 0 Å². The third-order valence-corrected chi connectivity index (χ3v) is 3.01. The molecule has 2 aromatic rings. The minimum Gasteiger partial charge on any atom is -0.493 e. The maximum atomic E-state index is 11.8. The normalized spacial score (nSPS) is 10.2. The fourth-order valence-corrected chi connectivity index (χ4v) is 2.42. The number of amides is 1. The molecular weight excluding hydrogens is 321 g/mol. The molecule has 0 bridgehead atoms. The largest absolute Gasteiger partial charge is 0.493 e. The van der Waals surface area contributed by atoms with Crippen LogP contribution in [0.3, 0.4) is 0 Å². The van der Waals surface area contributed by atoms with Gasteiger partial charge in [0.05, 0.1) is 23.5 Å². The van der Waals surface area contributed by atoms with Crippen LogP contribution in [0.4, 0.5) is 5.69 Å². The number of hydrogen-bond donors (Lipinski definition) is 1. The Bertz CT molecular complexity index is 569. The van der Waals surface area contributed by atoms with Crippen LogP contribution in [0.1, 0.15) is 10.6 Å². The van der Waals surface area contributed by atoms with Crippen LogP contribution in [-0.2, 0) is 0 Å². The van der Waals surface area contributed by atoms with E-state index in [0.29, 0.717) is 20.9 Å². The van der Waals surface area contributed by atoms with Crippen LogP contribution in [0, 0.1) is 0 Å². The number of ether oxygens (including phenoxy) is 1. The van der Waals surface area contributed by atoms with Crippen LogP contribution in [-0.4, -0.2) is 13.0 Å². The van der Waals surface area contributed by atoms with Crippen LogP contribution in [0.2, 0.25) is 5.02 Å². The number of carbonyl (C=O) groups excluding carboxylic acids is 1. The van der Waals surface area contributed by atoms with Crippen molar-refractivity contribution in [3.05, 3.63) is 45.8 Å². The number of methoxy groups -OCH3 is 1. The standard InChI is InChI=1S/C12H9BrClNO3/c1-17-11-8(13)5-7(14)6-9(11)15-12(16)10-3-2-4-18-10/h2-6H,1H3,(H,15,16). The van der Waals surface area contributed by atoms with Crippen molar-refractivity contribution < 1.29 is 13.9 Å². The molecule has 0 atom stereocenters. The number of carbonyl (C=O) groups is 1. The van der Waals surface area contributed by atoms with Crippen LogP contribution in [0.5, 0.6) is 5.75 Å². The summed E-state index contributed by atoms with van der Waals surface area (Å²) in [6.07, 6.45) is 1.43. The van der Waals surface area contributed by atoms with Crippen molar-refractivity contribution in [2.45, 2.75) is 0 Å². The topological polar surface area (TPSA) is 51.5 Å². The average Bonchev–Trinajstić information content (AvgIpc) is 2.81. The second kappa shape index (κ2) is 5.46. The summed E-state index contributed by atoms with van der Waals surface area (Å²) in [6, 6.07) is 6.50. The molecule has 0 fully saturated rings. The molecule has 0 aliphatic rings. The van der Waals surface area contributed by atoms with Gasteiger partial charge in [-0.05, 0) is 40.2 Å². The number of hydrogen-bond acceptors (Lipinski definition) is 3. The Labute approximate surface area is 117 Å². The van der Waals surface area contributed by atoms with E-state index in [2.05, 4.69) is 21.2 Å². The number of furan rings is 1. The lowest BCUT2D eigenvalue weighted by Gasteiger charge is -2.11. The zero-order valence-corrected chi connectivity index (χ0v) is 11.7. The first-order valence-electron chi connectivity index (χ1n) is 4.99. The van der Waals surface area contributed by atoms with Crippen LogP contribution in [0.15, 0.2) is 39.4 Å². The molecule has 4 nitrogen and oxygen atoms in total. The highest BCUT2D eigenvalue weighted by atomic mass is 79.9. The molecule has 0 saturated carbocycles. The number of benzene rings is 1. The van der Waals surface area contributed by atoms with Gasteiger partial charge in [0.25, 0.3) is 5.91 Å². The number of anilines is 1. The van der Waals surface area contributed by atoms with Gasteiger partial charge >= 0.3 is 0 Å². The van der Waals surface area contributed by atoms with Crippen molar-refractivity contribution in [2.24, 2.45) is 0 Å². The maximum Gasteiger partial charge on any atom is 0.291 e. The minimum absolute atomic E-state index is 0.216. The molecule has 0 radical (unpaired) electrons. The van der Waals surface area contributed by atoms with Gasteiger partial charge in [0, 0.05) is 5.02 Å². The van der Waals surface area contributed by atoms with E-state index in [9.17, 15) is 4.79 Å². The zero-order chi connectivity index (χ0) is 13.1. The molecule has 1 heterocycles. The highest BCUT2D eigenvalue weighted by molar-refractivity contribution is 9.10. The van der Waals surface area contributed by atoms with E-state index in [1.807, 2.05) is 0 Å². The van der Waals surface area contributed by atoms with E-state index < -0.39 is 0 Å². The Hall–Kier alpha value is -1.46. The lowest BCUT2D eigenvalue weighted by atomic mass is 10.3. The Morgan fingerprint density at radius 2 is 2.28 bits per heavy atom. The lowest BCUT2D eigenvalue weighted by molar-refractivity contribution is 0.0996. The second-order valence-corrected chi connectivity index (χ2v) is 4.69. The molecule has 0 spiro atoms. The lowest BCUT2D eigenvalue weighted by Crippen LogP contribution is -2.11. The minimum atomic E-state index is -0.368. The van der Waals surface area contributed by atoms with Crippen molar-refractivity contribution in [1.82, 2.24) is 0 Å². The zero-order valence-electron chi connectivity index (χ0n) is 9.37. The van der Waals surface area contributed by atoms with E-state index in [0.717, 1.165) is 0 Å². The first kappa shape index (κ1) is 13.0. The molecule has 94 valence electrons. The summed E-state index contributed by atoms with van der Waals surface area (Å²) in [7, 11) is 1.51. The van der Waals surface area contributed by atoms with Gasteiger partial charge in [-0.3, -0.25) is 4.79 Å². The van der Waals surface area contributed by atoms with Crippen molar-refractivity contribution in [3.63, 3.8) is 0 Å². The van der Waals surface area contributed by atoms with Crippen molar-refractivity contribution in [2.75, 3.05) is 12.4 Å². The Morgan fingerprint density at radius 1 is 1.50 bits per heavy atom. The fraction of sp³-hybridized carbons (Fsp3) is 0.0833. The van der Waals surface area contributed by atoms with Gasteiger partial charge in [0.2, 0.25) is 0 Å². The molecule has 0 aliphatic heterocycles. The molecule has 1 aromatic carbocycles. The summed E-state index contributed by atoms with van der Waals surface area (Å²) in [5, 5.41) is 3.16. The van der Waals surface area contributed by atoms with E-state index in [4.69, 9.17) is 20.8 Å². The number of halogens is 2. The first-order valence-corrected chi connectivity index (χ1v) is 6.17. The van der Waals surface area contributed by atoms with Gasteiger partial charge in [-0.2, -0.15) is 0 Å². The first-order chi connectivity index (χ1) is 8.61. The van der Waals surface area contributed by atoms with Gasteiger partial charge in [0.1, 0.15) is 0 Å². The molecule has 0 unspecified atom stereocenters. The van der Waals surface area contributed by atoms with Crippen LogP contribution in [0.25, 0.3) is 0 Å². The summed E-state index contributed by atoms with van der Waals surface area (Å²) in [4.78, 5) is 11.8. The highest BCUT2D eigenvalue weighted by Gasteiger charge is 2.14. The van der Waals surface area contributed by atoms with Gasteiger partial charge < -0.3 is 14.5 Å². The van der Waals surface area contributed by atoms with Gasteiger partial charge in [-0.25, -0.2) is 0 Å². The number of nitrogens with one attached hydrogen (secondary N) is 1. The molecule has 2 rings (SSSR count). The summed E-state index contributed by atoms with van der Waals surface area (Å²) in [6.45, 7) is 0. The van der Waals surface area contributed by atoms with E-state index >= 15 is 0 Å². The summed E-state index contributed by atoms with van der Waals surface area (Å²) in [5.74, 6) is 0.347. The predicted molar refractivity (Wildman–Crippen MR) is 72.4 cm³/mol. The Kier molecular flexibility index (Phi) is 3.93. The SMILES string of the molecule is COc1c(Br)cc(Cl)cc1NC(=O)c1ccco1. The molecule has 1 amide bonds. The van der Waals surface area contributed by atoms with Gasteiger partial charge in [-0.1, -0.05) is 11.6 Å². The van der Waals surface area contributed by atoms with Crippen LogP contribution >= 0.6 is 27.5 Å². The molecular formula is C12H9BrClNO3. The van der Waals surface area contributed by atoms with E-state index in [1.54, 1.807) is 24.3 Å². The quantitative estimate of drug-likeness (QED) is 0.927. The van der Waals surface area contributed by atoms with Crippen molar-refractivity contribution in [1.29, 1.82) is 0 Å². The smallest absolute Gasteiger partial charge is 0.291 e. The molecule has 1 N–H and O–H groups in total. The summed E-state index contributed by atoms with van der Waals surface area (Å²) in [5.41, 5.74) is 0.471. The van der Waals surface area contributed by atoms with Crippen molar-refractivity contribution >= 4 is 39.1 Å². The van der Waals surface area contributed by atoms with E-state index in [-0.39, 0.29) is 11.7 Å². The van der Waals surface area contributed by atoms with Gasteiger partial charge in [0.15, 0.2) is 11.5 Å². The monoisotopic (exact) mass is 329 g/mol. The summed E-state index contributed by atoms with van der Waals surface area (Å²) >= 11 is 9.24. The predicted octanol–water partition coefficient (Wildman–Crippen LogP) is 3.96. The molecule has 18 heavy (non-hydrogen) atoms. The Morgan fingerprint density at radius 3 is 2.89 bits per heavy atom. The molecule has 1 aromatic heterocycles. The highest BCUT2D eigenvalue weighted by Crippen LogP contribution is 2.36. The third kappa shape index (κ3) is 2.68. The molecule has 6 heteroatoms. The summed E-state index contributed by atoms with van der Waals surface area (Å²) < 4.78 is 10.9. The number of rotatable bonds is 3. The molecule has 0 aliphatic carbocycles. The molecule has 0 saturated heterocycles. The maximum absolute atomic E-state index is 11.8. The second-order valence-electron chi connectivity index (χ2n) is 3.40. The van der Waals surface area contributed by atoms with Crippen LogP contribution < -0.4 is 10.1 Å². The van der Waals surface area contributed by atoms with E-state index in [1.165, 1.54) is 13.4 Å². The van der Waals surface area contributed by atoms with Crippen molar-refractivity contribution in [3.8, 4) is 5.75 Å². The fourth-order valence-electron chi connectivity index (χ4n) is 1.45. The Balaban J connectivity index is 2.31. The average molecular weight is 331 g/mol. The third-order valence-electron chi connectivity index (χ3n) is 2.21.